The Morgan fingerprint density at radius 2 is 1.85 bits per heavy atom. The molecular formula is C16H17F4N3O2S. The van der Waals surface area contributed by atoms with Crippen molar-refractivity contribution >= 4 is 10.0 Å². The van der Waals surface area contributed by atoms with Gasteiger partial charge in [0.25, 0.3) is 10.0 Å². The van der Waals surface area contributed by atoms with Gasteiger partial charge in [-0.2, -0.15) is 22.6 Å². The van der Waals surface area contributed by atoms with Crippen molar-refractivity contribution in [3.8, 4) is 0 Å². The van der Waals surface area contributed by atoms with Crippen molar-refractivity contribution < 1.29 is 26.0 Å². The van der Waals surface area contributed by atoms with Gasteiger partial charge >= 0.3 is 6.18 Å². The zero-order valence-corrected chi connectivity index (χ0v) is 14.6. The van der Waals surface area contributed by atoms with Gasteiger partial charge in [0, 0.05) is 26.1 Å². The Balaban J connectivity index is 1.87. The van der Waals surface area contributed by atoms with Crippen LogP contribution in [0.5, 0.6) is 0 Å². The lowest BCUT2D eigenvalue weighted by molar-refractivity contribution is -0.140. The highest BCUT2D eigenvalue weighted by atomic mass is 32.2. The van der Waals surface area contributed by atoms with Gasteiger partial charge in [-0.05, 0) is 12.0 Å². The molecule has 2 heterocycles. The standard InChI is InChI=1S/C16H17F4N3O2S/c1-22-15(13(8-21-22)16(18,19)20)26(24,25)23-9-12(14(17)10-23)7-11-5-3-2-4-6-11/h2-6,8,12,14H,7,9-10H2,1H3/t12-,14+/m0/s1. The third kappa shape index (κ3) is 3.48. The summed E-state index contributed by atoms with van der Waals surface area (Å²) in [6.45, 7) is -0.650. The van der Waals surface area contributed by atoms with Crippen LogP contribution in [0.15, 0.2) is 41.6 Å². The molecule has 2 aromatic rings. The number of hydrogen-bond donors (Lipinski definition) is 0. The molecule has 0 amide bonds. The van der Waals surface area contributed by atoms with E-state index >= 15 is 0 Å². The fourth-order valence-corrected chi connectivity index (χ4v) is 4.95. The summed E-state index contributed by atoms with van der Waals surface area (Å²) in [6, 6.07) is 8.98. The van der Waals surface area contributed by atoms with Gasteiger partial charge in [-0.3, -0.25) is 4.68 Å². The van der Waals surface area contributed by atoms with Crippen molar-refractivity contribution in [1.29, 1.82) is 0 Å². The number of aryl methyl sites for hydroxylation is 1. The summed E-state index contributed by atoms with van der Waals surface area (Å²) in [5.41, 5.74) is -0.502. The Morgan fingerprint density at radius 1 is 1.19 bits per heavy atom. The van der Waals surface area contributed by atoms with Gasteiger partial charge < -0.3 is 0 Å². The largest absolute Gasteiger partial charge is 0.420 e. The van der Waals surface area contributed by atoms with E-state index in [1.165, 1.54) is 0 Å². The summed E-state index contributed by atoms with van der Waals surface area (Å²) in [7, 11) is -3.41. The lowest BCUT2D eigenvalue weighted by Crippen LogP contribution is -2.32. The van der Waals surface area contributed by atoms with Crippen LogP contribution in [0.4, 0.5) is 17.6 Å². The second kappa shape index (κ2) is 6.66. The highest BCUT2D eigenvalue weighted by molar-refractivity contribution is 7.89. The number of hydrogen-bond acceptors (Lipinski definition) is 3. The predicted molar refractivity (Wildman–Crippen MR) is 85.5 cm³/mol. The Morgan fingerprint density at radius 3 is 2.46 bits per heavy atom. The lowest BCUT2D eigenvalue weighted by atomic mass is 9.98. The van der Waals surface area contributed by atoms with E-state index in [9.17, 15) is 26.0 Å². The molecule has 2 atom stereocenters. The molecule has 0 saturated carbocycles. The van der Waals surface area contributed by atoms with E-state index in [4.69, 9.17) is 0 Å². The second-order valence-electron chi connectivity index (χ2n) is 6.27. The van der Waals surface area contributed by atoms with Crippen molar-refractivity contribution in [2.24, 2.45) is 13.0 Å². The van der Waals surface area contributed by atoms with E-state index in [0.717, 1.165) is 16.9 Å². The van der Waals surface area contributed by atoms with Crippen LogP contribution in [-0.4, -0.2) is 41.8 Å². The second-order valence-corrected chi connectivity index (χ2v) is 8.13. The van der Waals surface area contributed by atoms with Crippen molar-refractivity contribution in [3.05, 3.63) is 47.7 Å². The first-order valence-corrected chi connectivity index (χ1v) is 9.32. The summed E-state index contributed by atoms with van der Waals surface area (Å²) in [4.78, 5) is 0. The summed E-state index contributed by atoms with van der Waals surface area (Å²) in [6.07, 6.45) is -5.54. The molecule has 0 N–H and O–H groups in total. The maximum Gasteiger partial charge on any atom is 0.420 e. The fourth-order valence-electron chi connectivity index (χ4n) is 3.15. The van der Waals surface area contributed by atoms with Gasteiger partial charge in [0.2, 0.25) is 0 Å². The Bertz CT molecular complexity index is 881. The first-order chi connectivity index (χ1) is 12.1. The average Bonchev–Trinajstić information content (AvgIpc) is 3.12. The molecule has 10 heteroatoms. The van der Waals surface area contributed by atoms with E-state index in [1.807, 2.05) is 6.07 Å². The molecular weight excluding hydrogens is 374 g/mol. The van der Waals surface area contributed by atoms with Crippen LogP contribution in [0.2, 0.25) is 0 Å². The molecule has 5 nitrogen and oxygen atoms in total. The minimum absolute atomic E-state index is 0.180. The fraction of sp³-hybridized carbons (Fsp3) is 0.438. The van der Waals surface area contributed by atoms with E-state index in [2.05, 4.69) is 5.10 Å². The Kier molecular flexibility index (Phi) is 4.82. The van der Waals surface area contributed by atoms with Gasteiger partial charge in [-0.15, -0.1) is 0 Å². The number of benzene rings is 1. The quantitative estimate of drug-likeness (QED) is 0.753. The van der Waals surface area contributed by atoms with E-state index in [0.29, 0.717) is 17.3 Å². The number of nitrogens with zero attached hydrogens (tertiary/aromatic N) is 3. The third-order valence-corrected chi connectivity index (χ3v) is 6.39. The molecule has 0 radical (unpaired) electrons. The molecule has 0 unspecified atom stereocenters. The molecule has 1 aliphatic heterocycles. The number of rotatable bonds is 4. The van der Waals surface area contributed by atoms with Crippen LogP contribution in [0.25, 0.3) is 0 Å². The zero-order chi connectivity index (χ0) is 19.1. The highest BCUT2D eigenvalue weighted by Gasteiger charge is 2.46. The minimum Gasteiger partial charge on any atom is -0.256 e. The smallest absolute Gasteiger partial charge is 0.256 e. The molecule has 1 aromatic carbocycles. The molecule has 26 heavy (non-hydrogen) atoms. The highest BCUT2D eigenvalue weighted by Crippen LogP contribution is 2.36. The number of aromatic nitrogens is 2. The van der Waals surface area contributed by atoms with Crippen molar-refractivity contribution in [3.63, 3.8) is 0 Å². The summed E-state index contributed by atoms with van der Waals surface area (Å²) in [5, 5.41) is 2.46. The summed E-state index contributed by atoms with van der Waals surface area (Å²) in [5.74, 6) is -0.616. The van der Waals surface area contributed by atoms with Gasteiger partial charge in [0.1, 0.15) is 11.7 Å². The van der Waals surface area contributed by atoms with Crippen LogP contribution in [0.3, 0.4) is 0 Å². The molecule has 0 bridgehead atoms. The SMILES string of the molecule is Cn1ncc(C(F)(F)F)c1S(=O)(=O)N1C[C@H](Cc2ccccc2)[C@H](F)C1. The Hall–Kier alpha value is -1.94. The van der Waals surface area contributed by atoms with Gasteiger partial charge in [0.05, 0.1) is 6.20 Å². The summed E-state index contributed by atoms with van der Waals surface area (Å²) >= 11 is 0. The average molecular weight is 391 g/mol. The van der Waals surface area contributed by atoms with Crippen LogP contribution in [-0.2, 0) is 29.7 Å². The van der Waals surface area contributed by atoms with Crippen LogP contribution in [0.1, 0.15) is 11.1 Å². The third-order valence-electron chi connectivity index (χ3n) is 4.44. The Labute approximate surface area is 148 Å². The van der Waals surface area contributed by atoms with Gasteiger partial charge in [-0.25, -0.2) is 12.8 Å². The maximum absolute atomic E-state index is 14.4. The van der Waals surface area contributed by atoms with E-state index in [1.54, 1.807) is 24.3 Å². The van der Waals surface area contributed by atoms with Gasteiger partial charge in [-0.1, -0.05) is 30.3 Å². The minimum atomic E-state index is -4.87. The number of halogens is 4. The van der Waals surface area contributed by atoms with Crippen LogP contribution in [0, 0.1) is 5.92 Å². The van der Waals surface area contributed by atoms with Crippen molar-refractivity contribution in [2.75, 3.05) is 13.1 Å². The maximum atomic E-state index is 14.4. The van der Waals surface area contributed by atoms with Crippen molar-refractivity contribution in [1.82, 2.24) is 14.1 Å². The molecule has 0 spiro atoms. The van der Waals surface area contributed by atoms with Gasteiger partial charge in [0.15, 0.2) is 5.03 Å². The van der Waals surface area contributed by atoms with Crippen LogP contribution >= 0.6 is 0 Å². The topological polar surface area (TPSA) is 55.2 Å². The zero-order valence-electron chi connectivity index (χ0n) is 13.8. The van der Waals surface area contributed by atoms with E-state index in [-0.39, 0.29) is 6.54 Å². The molecule has 142 valence electrons. The first-order valence-electron chi connectivity index (χ1n) is 7.88. The molecule has 1 fully saturated rings. The monoisotopic (exact) mass is 391 g/mol. The summed E-state index contributed by atoms with van der Waals surface area (Å²) < 4.78 is 80.6. The molecule has 1 saturated heterocycles. The molecule has 1 aromatic heterocycles. The number of alkyl halides is 4. The van der Waals surface area contributed by atoms with Crippen LogP contribution < -0.4 is 0 Å². The van der Waals surface area contributed by atoms with Crippen molar-refractivity contribution in [2.45, 2.75) is 23.8 Å². The molecule has 3 rings (SSSR count). The molecule has 1 aliphatic rings. The first kappa shape index (κ1) is 18.8. The predicted octanol–water partition coefficient (Wildman–Crippen LogP) is 2.64. The normalized spacial score (nSPS) is 22.0. The number of sulfonamides is 1. The molecule has 0 aliphatic carbocycles. The lowest BCUT2D eigenvalue weighted by Gasteiger charge is -2.18. The van der Waals surface area contributed by atoms with E-state index < -0.39 is 45.4 Å².